The van der Waals surface area contributed by atoms with Crippen molar-refractivity contribution in [3.05, 3.63) is 0 Å². The Morgan fingerprint density at radius 2 is 2.19 bits per heavy atom. The molecule has 0 aliphatic heterocycles. The lowest BCUT2D eigenvalue weighted by Crippen LogP contribution is -2.45. The maximum atomic E-state index is 6.23. The molecule has 0 saturated heterocycles. The lowest BCUT2D eigenvalue weighted by molar-refractivity contribution is -0.0812. The second-order valence-corrected chi connectivity index (χ2v) is 5.95. The first-order valence-electron chi connectivity index (χ1n) is 6.86. The predicted molar refractivity (Wildman–Crippen MR) is 69.7 cm³/mol. The highest BCUT2D eigenvalue weighted by molar-refractivity contribution is 4.88. The summed E-state index contributed by atoms with van der Waals surface area (Å²) in [4.78, 5) is 0. The Bertz CT molecular complexity index is 189. The van der Waals surface area contributed by atoms with Crippen LogP contribution in [0.2, 0.25) is 0 Å². The molecular weight excluding hydrogens is 198 g/mol. The molecule has 0 amide bonds. The monoisotopic (exact) mass is 227 g/mol. The minimum Gasteiger partial charge on any atom is -0.374 e. The van der Waals surface area contributed by atoms with Crippen LogP contribution < -0.4 is 5.32 Å². The van der Waals surface area contributed by atoms with Crippen molar-refractivity contribution in [2.75, 3.05) is 20.2 Å². The van der Waals surface area contributed by atoms with Crippen molar-refractivity contribution in [3.63, 3.8) is 0 Å². The summed E-state index contributed by atoms with van der Waals surface area (Å²) in [5, 5.41) is 3.31. The lowest BCUT2D eigenvalue weighted by Gasteiger charge is -2.40. The average Bonchev–Trinajstić information content (AvgIpc) is 2.17. The van der Waals surface area contributed by atoms with Gasteiger partial charge in [-0.3, -0.25) is 0 Å². The molecule has 0 heterocycles. The van der Waals surface area contributed by atoms with E-state index in [2.05, 4.69) is 26.1 Å². The van der Waals surface area contributed by atoms with Crippen LogP contribution in [0.5, 0.6) is 0 Å². The summed E-state index contributed by atoms with van der Waals surface area (Å²) in [6.07, 6.45) is 6.34. The van der Waals surface area contributed by atoms with E-state index < -0.39 is 0 Å². The molecule has 1 N–H and O–H groups in total. The van der Waals surface area contributed by atoms with Gasteiger partial charge in [-0.15, -0.1) is 0 Å². The minimum atomic E-state index is 0.126. The topological polar surface area (TPSA) is 21.3 Å². The van der Waals surface area contributed by atoms with Crippen molar-refractivity contribution in [3.8, 4) is 0 Å². The summed E-state index contributed by atoms with van der Waals surface area (Å²) in [7, 11) is 2.03. The molecule has 1 saturated carbocycles. The molecule has 2 nitrogen and oxygen atoms in total. The van der Waals surface area contributed by atoms with Crippen LogP contribution in [0.1, 0.15) is 52.9 Å². The third-order valence-electron chi connectivity index (χ3n) is 3.65. The molecule has 1 rings (SSSR count). The van der Waals surface area contributed by atoms with Crippen LogP contribution >= 0.6 is 0 Å². The first-order chi connectivity index (χ1) is 7.58. The minimum absolute atomic E-state index is 0.126. The van der Waals surface area contributed by atoms with Gasteiger partial charge in [-0.1, -0.05) is 33.6 Å². The number of hydrogen-bond acceptors (Lipinski definition) is 2. The largest absolute Gasteiger partial charge is 0.374 e. The average molecular weight is 227 g/mol. The first kappa shape index (κ1) is 14.0. The first-order valence-corrected chi connectivity index (χ1v) is 6.86. The van der Waals surface area contributed by atoms with E-state index in [1.807, 2.05) is 7.05 Å². The van der Waals surface area contributed by atoms with Gasteiger partial charge in [-0.05, 0) is 38.1 Å². The molecule has 0 aromatic heterocycles. The summed E-state index contributed by atoms with van der Waals surface area (Å²) in [5.41, 5.74) is 0.126. The Morgan fingerprint density at radius 3 is 2.75 bits per heavy atom. The van der Waals surface area contributed by atoms with Gasteiger partial charge in [0.15, 0.2) is 0 Å². The van der Waals surface area contributed by atoms with Gasteiger partial charge in [0.25, 0.3) is 0 Å². The highest BCUT2D eigenvalue weighted by atomic mass is 16.5. The van der Waals surface area contributed by atoms with Crippen LogP contribution in [0.4, 0.5) is 0 Å². The van der Waals surface area contributed by atoms with Gasteiger partial charge in [0.05, 0.1) is 5.60 Å². The van der Waals surface area contributed by atoms with Gasteiger partial charge in [-0.2, -0.15) is 0 Å². The molecule has 1 aliphatic carbocycles. The maximum Gasteiger partial charge on any atom is 0.0808 e. The molecule has 16 heavy (non-hydrogen) atoms. The maximum absolute atomic E-state index is 6.23. The van der Waals surface area contributed by atoms with Crippen LogP contribution in [0.15, 0.2) is 0 Å². The Balaban J connectivity index is 2.44. The van der Waals surface area contributed by atoms with Crippen molar-refractivity contribution < 1.29 is 4.74 Å². The van der Waals surface area contributed by atoms with Crippen LogP contribution in [-0.4, -0.2) is 25.8 Å². The summed E-state index contributed by atoms with van der Waals surface area (Å²) in [6, 6.07) is 0. The summed E-state index contributed by atoms with van der Waals surface area (Å²) >= 11 is 0. The zero-order valence-corrected chi connectivity index (χ0v) is 11.5. The van der Waals surface area contributed by atoms with Gasteiger partial charge in [0, 0.05) is 13.2 Å². The van der Waals surface area contributed by atoms with E-state index in [4.69, 9.17) is 4.74 Å². The summed E-state index contributed by atoms with van der Waals surface area (Å²) in [6.45, 7) is 8.81. The number of ether oxygens (including phenoxy) is 1. The number of likely N-dealkylation sites (N-methyl/N-ethyl adjacent to an activating group) is 1. The molecular formula is C14H29NO. The van der Waals surface area contributed by atoms with E-state index in [1.54, 1.807) is 0 Å². The lowest BCUT2D eigenvalue weighted by atomic mass is 9.78. The fourth-order valence-corrected chi connectivity index (χ4v) is 2.79. The van der Waals surface area contributed by atoms with Gasteiger partial charge >= 0.3 is 0 Å². The molecule has 2 unspecified atom stereocenters. The van der Waals surface area contributed by atoms with Crippen molar-refractivity contribution in [2.45, 2.75) is 58.5 Å². The predicted octanol–water partition coefficient (Wildman–Crippen LogP) is 3.22. The fourth-order valence-electron chi connectivity index (χ4n) is 2.79. The Labute approximate surface area is 101 Å². The summed E-state index contributed by atoms with van der Waals surface area (Å²) < 4.78 is 6.23. The van der Waals surface area contributed by atoms with Gasteiger partial charge in [-0.25, -0.2) is 0 Å². The highest BCUT2D eigenvalue weighted by Gasteiger charge is 2.35. The molecule has 0 bridgehead atoms. The highest BCUT2D eigenvalue weighted by Crippen LogP contribution is 2.35. The zero-order chi connectivity index (χ0) is 12.0. The van der Waals surface area contributed by atoms with Gasteiger partial charge in [0.2, 0.25) is 0 Å². The fraction of sp³-hybridized carbons (Fsp3) is 1.00. The molecule has 0 aromatic rings. The van der Waals surface area contributed by atoms with E-state index >= 15 is 0 Å². The van der Waals surface area contributed by atoms with Crippen molar-refractivity contribution in [1.29, 1.82) is 0 Å². The number of hydrogen-bond donors (Lipinski definition) is 1. The standard InChI is InChI=1S/C14H29NO/c1-12(2)7-9-16-14(11-15-4)8-5-6-13(3)10-14/h12-13,15H,5-11H2,1-4H3. The zero-order valence-electron chi connectivity index (χ0n) is 11.5. The third kappa shape index (κ3) is 4.42. The SMILES string of the molecule is CNCC1(OCCC(C)C)CCCC(C)C1. The van der Waals surface area contributed by atoms with E-state index in [1.165, 1.54) is 32.1 Å². The van der Waals surface area contributed by atoms with Crippen molar-refractivity contribution in [1.82, 2.24) is 5.32 Å². The molecule has 1 fully saturated rings. The van der Waals surface area contributed by atoms with E-state index in [9.17, 15) is 0 Å². The molecule has 0 spiro atoms. The summed E-state index contributed by atoms with van der Waals surface area (Å²) in [5.74, 6) is 1.56. The van der Waals surface area contributed by atoms with Crippen molar-refractivity contribution in [2.24, 2.45) is 11.8 Å². The Hall–Kier alpha value is -0.0800. The van der Waals surface area contributed by atoms with E-state index in [0.29, 0.717) is 0 Å². The Morgan fingerprint density at radius 1 is 1.44 bits per heavy atom. The van der Waals surface area contributed by atoms with Crippen LogP contribution in [0.25, 0.3) is 0 Å². The molecule has 0 radical (unpaired) electrons. The quantitative estimate of drug-likeness (QED) is 0.752. The van der Waals surface area contributed by atoms with Gasteiger partial charge < -0.3 is 10.1 Å². The smallest absolute Gasteiger partial charge is 0.0808 e. The van der Waals surface area contributed by atoms with E-state index in [0.717, 1.165) is 25.0 Å². The number of rotatable bonds is 6. The second-order valence-electron chi connectivity index (χ2n) is 5.95. The Kier molecular flexibility index (Phi) is 5.77. The number of nitrogens with one attached hydrogen (secondary N) is 1. The third-order valence-corrected chi connectivity index (χ3v) is 3.65. The molecule has 0 aromatic carbocycles. The van der Waals surface area contributed by atoms with E-state index in [-0.39, 0.29) is 5.60 Å². The van der Waals surface area contributed by atoms with Gasteiger partial charge in [0.1, 0.15) is 0 Å². The second kappa shape index (κ2) is 6.61. The van der Waals surface area contributed by atoms with Crippen LogP contribution in [0.3, 0.4) is 0 Å². The van der Waals surface area contributed by atoms with Crippen molar-refractivity contribution >= 4 is 0 Å². The molecule has 2 atom stereocenters. The normalized spacial score (nSPS) is 30.9. The van der Waals surface area contributed by atoms with Crippen LogP contribution in [-0.2, 0) is 4.74 Å². The molecule has 2 heteroatoms. The molecule has 96 valence electrons. The molecule has 1 aliphatic rings. The van der Waals surface area contributed by atoms with Crippen LogP contribution in [0, 0.1) is 11.8 Å².